The Labute approximate surface area is 146 Å². The minimum atomic E-state index is 0.365. The van der Waals surface area contributed by atoms with Gasteiger partial charge in [-0.2, -0.15) is 0 Å². The molecule has 7 heteroatoms. The molecule has 0 unspecified atom stereocenters. The minimum Gasteiger partial charge on any atom is -0.383 e. The van der Waals surface area contributed by atoms with E-state index in [9.17, 15) is 0 Å². The van der Waals surface area contributed by atoms with Crippen LogP contribution in [-0.2, 0) is 11.3 Å². The van der Waals surface area contributed by atoms with E-state index in [1.165, 1.54) is 0 Å². The second kappa shape index (κ2) is 7.51. The lowest BCUT2D eigenvalue weighted by Gasteiger charge is -2.34. The number of halogens is 2. The van der Waals surface area contributed by atoms with E-state index < -0.39 is 0 Å². The van der Waals surface area contributed by atoms with Crippen molar-refractivity contribution >= 4 is 29.0 Å². The van der Waals surface area contributed by atoms with Crippen molar-refractivity contribution in [1.82, 2.24) is 14.5 Å². The van der Waals surface area contributed by atoms with Crippen LogP contribution in [0.2, 0.25) is 10.0 Å². The normalized spacial score (nSPS) is 18.4. The monoisotopic (exact) mass is 354 g/mol. The number of pyridine rings is 1. The molecule has 0 spiro atoms. The zero-order valence-electron chi connectivity index (χ0n) is 13.1. The Morgan fingerprint density at radius 2 is 2.22 bits per heavy atom. The van der Waals surface area contributed by atoms with E-state index in [2.05, 4.69) is 19.4 Å². The van der Waals surface area contributed by atoms with Crippen molar-refractivity contribution in [2.75, 3.05) is 31.7 Å². The fraction of sp³-hybridized carbons (Fsp3) is 0.500. The standard InChI is InChI=1S/C16H20Cl2N4O/c1-23-8-7-21-6-4-19-15(21)12-3-2-5-22(11-12)16-14(18)9-13(17)10-20-16/h4,6,9-10,12H,2-3,5,7-8,11H2,1H3/t12-/m1/s1. The topological polar surface area (TPSA) is 43.2 Å². The zero-order chi connectivity index (χ0) is 16.2. The van der Waals surface area contributed by atoms with Crippen molar-refractivity contribution in [3.05, 3.63) is 40.5 Å². The summed E-state index contributed by atoms with van der Waals surface area (Å²) in [6.45, 7) is 3.31. The van der Waals surface area contributed by atoms with E-state index in [0.29, 0.717) is 22.6 Å². The van der Waals surface area contributed by atoms with Gasteiger partial charge in [-0.1, -0.05) is 23.2 Å². The molecule has 0 radical (unpaired) electrons. The van der Waals surface area contributed by atoms with Gasteiger partial charge >= 0.3 is 0 Å². The lowest BCUT2D eigenvalue weighted by molar-refractivity contribution is 0.185. The molecule has 3 heterocycles. The molecular weight excluding hydrogens is 335 g/mol. The maximum atomic E-state index is 6.31. The number of hydrogen-bond donors (Lipinski definition) is 0. The molecule has 0 amide bonds. The van der Waals surface area contributed by atoms with E-state index in [1.54, 1.807) is 19.4 Å². The highest BCUT2D eigenvalue weighted by Gasteiger charge is 2.26. The second-order valence-corrected chi connectivity index (χ2v) is 6.56. The van der Waals surface area contributed by atoms with Crippen molar-refractivity contribution in [2.45, 2.75) is 25.3 Å². The molecule has 1 aliphatic rings. The molecule has 0 aromatic carbocycles. The zero-order valence-corrected chi connectivity index (χ0v) is 14.6. The SMILES string of the molecule is COCCn1ccnc1[C@@H]1CCCN(c2ncc(Cl)cc2Cl)C1. The lowest BCUT2D eigenvalue weighted by Crippen LogP contribution is -2.36. The number of nitrogens with zero attached hydrogens (tertiary/aromatic N) is 4. The van der Waals surface area contributed by atoms with Gasteiger partial charge in [-0.05, 0) is 18.9 Å². The highest BCUT2D eigenvalue weighted by Crippen LogP contribution is 2.32. The number of rotatable bonds is 5. The lowest BCUT2D eigenvalue weighted by atomic mass is 9.97. The summed E-state index contributed by atoms with van der Waals surface area (Å²) in [6.07, 6.45) is 7.72. The quantitative estimate of drug-likeness (QED) is 0.822. The first-order valence-electron chi connectivity index (χ1n) is 7.75. The molecule has 0 aliphatic carbocycles. The van der Waals surface area contributed by atoms with Crippen LogP contribution >= 0.6 is 23.2 Å². The largest absolute Gasteiger partial charge is 0.383 e. The molecule has 1 saturated heterocycles. The molecule has 5 nitrogen and oxygen atoms in total. The molecule has 1 fully saturated rings. The molecule has 1 atom stereocenters. The molecule has 0 saturated carbocycles. The van der Waals surface area contributed by atoms with Crippen molar-refractivity contribution < 1.29 is 4.74 Å². The summed E-state index contributed by atoms with van der Waals surface area (Å²) in [5.74, 6) is 2.27. The summed E-state index contributed by atoms with van der Waals surface area (Å²) in [5.41, 5.74) is 0. The smallest absolute Gasteiger partial charge is 0.147 e. The van der Waals surface area contributed by atoms with E-state index in [-0.39, 0.29) is 0 Å². The van der Waals surface area contributed by atoms with Gasteiger partial charge in [-0.15, -0.1) is 0 Å². The van der Waals surface area contributed by atoms with Crippen LogP contribution in [-0.4, -0.2) is 41.3 Å². The molecule has 0 bridgehead atoms. The van der Waals surface area contributed by atoms with Gasteiger partial charge in [-0.25, -0.2) is 9.97 Å². The minimum absolute atomic E-state index is 0.365. The molecule has 1 aliphatic heterocycles. The van der Waals surface area contributed by atoms with Crippen LogP contribution in [0.5, 0.6) is 0 Å². The van der Waals surface area contributed by atoms with Gasteiger partial charge in [0.2, 0.25) is 0 Å². The Kier molecular flexibility index (Phi) is 5.41. The first-order valence-corrected chi connectivity index (χ1v) is 8.50. The number of imidazole rings is 1. The Bertz CT molecular complexity index is 661. The predicted octanol–water partition coefficient (Wildman–Crippen LogP) is 3.62. The van der Waals surface area contributed by atoms with Crippen LogP contribution in [0, 0.1) is 0 Å². The number of methoxy groups -OCH3 is 1. The second-order valence-electron chi connectivity index (χ2n) is 5.72. The fourth-order valence-corrected chi connectivity index (χ4v) is 3.58. The highest BCUT2D eigenvalue weighted by atomic mass is 35.5. The summed E-state index contributed by atoms with van der Waals surface area (Å²) in [5, 5.41) is 1.16. The number of aromatic nitrogens is 3. The van der Waals surface area contributed by atoms with Gasteiger partial charge in [0, 0.05) is 51.3 Å². The van der Waals surface area contributed by atoms with E-state index in [1.807, 2.05) is 12.4 Å². The van der Waals surface area contributed by atoms with Gasteiger partial charge in [0.25, 0.3) is 0 Å². The van der Waals surface area contributed by atoms with E-state index >= 15 is 0 Å². The average Bonchev–Trinajstić information content (AvgIpc) is 3.01. The molecule has 3 rings (SSSR count). The van der Waals surface area contributed by atoms with Gasteiger partial charge in [0.1, 0.15) is 11.6 Å². The first-order chi connectivity index (χ1) is 11.2. The van der Waals surface area contributed by atoms with Crippen LogP contribution < -0.4 is 4.90 Å². The summed E-state index contributed by atoms with van der Waals surface area (Å²) in [6, 6.07) is 1.74. The average molecular weight is 355 g/mol. The van der Waals surface area contributed by atoms with Gasteiger partial charge in [0.15, 0.2) is 0 Å². The number of hydrogen-bond acceptors (Lipinski definition) is 4. The Hall–Kier alpha value is -1.30. The number of piperidine rings is 1. The van der Waals surface area contributed by atoms with Crippen LogP contribution in [0.1, 0.15) is 24.6 Å². The van der Waals surface area contributed by atoms with Gasteiger partial charge < -0.3 is 14.2 Å². The molecule has 0 N–H and O–H groups in total. The molecule has 124 valence electrons. The molecule has 2 aromatic rings. The van der Waals surface area contributed by atoms with Crippen molar-refractivity contribution in [1.29, 1.82) is 0 Å². The molecule has 2 aromatic heterocycles. The van der Waals surface area contributed by atoms with Crippen LogP contribution in [0.3, 0.4) is 0 Å². The maximum Gasteiger partial charge on any atom is 0.147 e. The number of ether oxygens (including phenoxy) is 1. The molecule has 23 heavy (non-hydrogen) atoms. The maximum absolute atomic E-state index is 6.31. The van der Waals surface area contributed by atoms with Crippen molar-refractivity contribution in [3.63, 3.8) is 0 Å². The third kappa shape index (κ3) is 3.79. The molecular formula is C16H20Cl2N4O. The number of anilines is 1. The highest BCUT2D eigenvalue weighted by molar-refractivity contribution is 6.36. The predicted molar refractivity (Wildman–Crippen MR) is 92.5 cm³/mol. The van der Waals surface area contributed by atoms with Gasteiger partial charge in [0.05, 0.1) is 16.7 Å². The van der Waals surface area contributed by atoms with Crippen molar-refractivity contribution in [2.24, 2.45) is 0 Å². The fourth-order valence-electron chi connectivity index (χ4n) is 3.08. The van der Waals surface area contributed by atoms with Gasteiger partial charge in [-0.3, -0.25) is 0 Å². The summed E-state index contributed by atoms with van der Waals surface area (Å²) < 4.78 is 7.35. The Morgan fingerprint density at radius 3 is 3.00 bits per heavy atom. The van der Waals surface area contributed by atoms with E-state index in [4.69, 9.17) is 27.9 Å². The van der Waals surface area contributed by atoms with Crippen molar-refractivity contribution in [3.8, 4) is 0 Å². The van der Waals surface area contributed by atoms with Crippen LogP contribution in [0.4, 0.5) is 5.82 Å². The van der Waals surface area contributed by atoms with Crippen LogP contribution in [0.25, 0.3) is 0 Å². The Balaban J connectivity index is 1.77. The van der Waals surface area contributed by atoms with E-state index in [0.717, 1.165) is 44.1 Å². The summed E-state index contributed by atoms with van der Waals surface area (Å²) in [7, 11) is 1.72. The summed E-state index contributed by atoms with van der Waals surface area (Å²) in [4.78, 5) is 11.2. The third-order valence-electron chi connectivity index (χ3n) is 4.16. The Morgan fingerprint density at radius 1 is 1.35 bits per heavy atom. The van der Waals surface area contributed by atoms with Crippen LogP contribution in [0.15, 0.2) is 24.7 Å². The third-order valence-corrected chi connectivity index (χ3v) is 4.64. The first kappa shape index (κ1) is 16.6. The summed E-state index contributed by atoms with van der Waals surface area (Å²) >= 11 is 12.3.